The van der Waals surface area contributed by atoms with Crippen molar-refractivity contribution in [2.75, 3.05) is 31.1 Å². The van der Waals surface area contributed by atoms with Gasteiger partial charge in [-0.15, -0.1) is 0 Å². The summed E-state index contributed by atoms with van der Waals surface area (Å²) < 4.78 is 39.4. The normalized spacial score (nSPS) is 15.4. The molecular formula is C18H18F3N3O. The number of pyridine rings is 1. The summed E-state index contributed by atoms with van der Waals surface area (Å²) in [6, 6.07) is 9.59. The Hall–Kier alpha value is -2.57. The van der Waals surface area contributed by atoms with Crippen molar-refractivity contribution in [3.63, 3.8) is 0 Å². The van der Waals surface area contributed by atoms with Crippen LogP contribution in [-0.4, -0.2) is 42.0 Å². The summed E-state index contributed by atoms with van der Waals surface area (Å²) in [6.07, 6.45) is -3.09. The van der Waals surface area contributed by atoms with Gasteiger partial charge in [0.1, 0.15) is 5.82 Å². The number of hydrogen-bond acceptors (Lipinski definition) is 3. The highest BCUT2D eigenvalue weighted by Crippen LogP contribution is 2.35. The molecule has 2 aromatic rings. The lowest BCUT2D eigenvalue weighted by molar-refractivity contribution is -0.137. The van der Waals surface area contributed by atoms with E-state index in [4.69, 9.17) is 0 Å². The zero-order chi connectivity index (χ0) is 18.0. The fourth-order valence-corrected chi connectivity index (χ4v) is 2.87. The minimum atomic E-state index is -4.45. The first-order valence-electron chi connectivity index (χ1n) is 7.99. The Kier molecular flexibility index (Phi) is 4.65. The SMILES string of the molecule is Cc1ccc(C(=O)N2CCN(c3ncccc3C(F)(F)F)CC2)cc1. The number of rotatable bonds is 2. The summed E-state index contributed by atoms with van der Waals surface area (Å²) in [5.74, 6) is -0.172. The summed E-state index contributed by atoms with van der Waals surface area (Å²) in [5.41, 5.74) is 0.914. The van der Waals surface area contributed by atoms with Crippen molar-refractivity contribution in [1.29, 1.82) is 0 Å². The molecule has 0 spiro atoms. The highest BCUT2D eigenvalue weighted by atomic mass is 19.4. The van der Waals surface area contributed by atoms with Crippen LogP contribution in [0.4, 0.5) is 19.0 Å². The molecule has 132 valence electrons. The maximum atomic E-state index is 13.1. The molecule has 1 fully saturated rings. The minimum Gasteiger partial charge on any atom is -0.353 e. The van der Waals surface area contributed by atoms with Crippen molar-refractivity contribution in [2.24, 2.45) is 0 Å². The maximum absolute atomic E-state index is 13.1. The van der Waals surface area contributed by atoms with Crippen molar-refractivity contribution in [2.45, 2.75) is 13.1 Å². The van der Waals surface area contributed by atoms with Gasteiger partial charge in [-0.1, -0.05) is 17.7 Å². The lowest BCUT2D eigenvalue weighted by atomic mass is 10.1. The van der Waals surface area contributed by atoms with Crippen LogP contribution < -0.4 is 4.90 Å². The van der Waals surface area contributed by atoms with Gasteiger partial charge in [0.05, 0.1) is 5.56 Å². The van der Waals surface area contributed by atoms with Gasteiger partial charge in [0.25, 0.3) is 5.91 Å². The van der Waals surface area contributed by atoms with Crippen LogP contribution in [0.15, 0.2) is 42.6 Å². The maximum Gasteiger partial charge on any atom is 0.419 e. The lowest BCUT2D eigenvalue weighted by Gasteiger charge is -2.36. The number of amides is 1. The van der Waals surface area contributed by atoms with E-state index in [-0.39, 0.29) is 11.7 Å². The number of halogens is 3. The molecule has 0 aliphatic carbocycles. The fourth-order valence-electron chi connectivity index (χ4n) is 2.87. The molecule has 1 aliphatic heterocycles. The Morgan fingerprint density at radius 1 is 1.04 bits per heavy atom. The van der Waals surface area contributed by atoms with Crippen LogP contribution in [-0.2, 0) is 6.18 Å². The second-order valence-corrected chi connectivity index (χ2v) is 6.02. The molecule has 25 heavy (non-hydrogen) atoms. The minimum absolute atomic E-state index is 0.0718. The molecule has 0 N–H and O–H groups in total. The number of nitrogens with zero attached hydrogens (tertiary/aromatic N) is 3. The number of hydrogen-bond donors (Lipinski definition) is 0. The molecule has 1 amide bonds. The smallest absolute Gasteiger partial charge is 0.353 e. The Bertz CT molecular complexity index is 751. The van der Waals surface area contributed by atoms with Crippen molar-refractivity contribution in [3.05, 3.63) is 59.3 Å². The quantitative estimate of drug-likeness (QED) is 0.834. The van der Waals surface area contributed by atoms with Crippen LogP contribution in [0.1, 0.15) is 21.5 Å². The van der Waals surface area contributed by atoms with Crippen LogP contribution in [0.25, 0.3) is 0 Å². The van der Waals surface area contributed by atoms with Gasteiger partial charge in [-0.2, -0.15) is 13.2 Å². The van der Waals surface area contributed by atoms with Crippen molar-refractivity contribution in [3.8, 4) is 0 Å². The molecule has 2 heterocycles. The Balaban J connectivity index is 1.70. The molecule has 1 aromatic carbocycles. The average Bonchev–Trinajstić information content (AvgIpc) is 2.61. The van der Waals surface area contributed by atoms with Crippen LogP contribution in [0.2, 0.25) is 0 Å². The third-order valence-electron chi connectivity index (χ3n) is 4.26. The standard InChI is InChI=1S/C18H18F3N3O/c1-13-4-6-14(7-5-13)17(25)24-11-9-23(10-12-24)16-15(18(19,20)21)3-2-8-22-16/h2-8H,9-12H2,1H3. The van der Waals surface area contributed by atoms with Gasteiger partial charge in [-0.05, 0) is 31.2 Å². The molecule has 0 saturated carbocycles. The van der Waals surface area contributed by atoms with Crippen LogP contribution in [0, 0.1) is 6.92 Å². The first-order chi connectivity index (χ1) is 11.9. The highest BCUT2D eigenvalue weighted by Gasteiger charge is 2.36. The van der Waals surface area contributed by atoms with E-state index in [1.807, 2.05) is 19.1 Å². The molecule has 1 saturated heterocycles. The van der Waals surface area contributed by atoms with E-state index in [9.17, 15) is 18.0 Å². The average molecular weight is 349 g/mol. The Morgan fingerprint density at radius 2 is 1.68 bits per heavy atom. The first-order valence-corrected chi connectivity index (χ1v) is 7.99. The molecule has 7 heteroatoms. The number of benzene rings is 1. The highest BCUT2D eigenvalue weighted by molar-refractivity contribution is 5.94. The molecule has 1 aromatic heterocycles. The summed E-state index contributed by atoms with van der Waals surface area (Å²) in [4.78, 5) is 19.7. The summed E-state index contributed by atoms with van der Waals surface area (Å²) >= 11 is 0. The largest absolute Gasteiger partial charge is 0.419 e. The second kappa shape index (κ2) is 6.74. The number of carbonyl (C=O) groups is 1. The number of aryl methyl sites for hydroxylation is 1. The third-order valence-corrected chi connectivity index (χ3v) is 4.26. The van der Waals surface area contributed by atoms with E-state index >= 15 is 0 Å². The van der Waals surface area contributed by atoms with Gasteiger partial charge >= 0.3 is 6.18 Å². The molecular weight excluding hydrogens is 331 g/mol. The molecule has 1 aliphatic rings. The van der Waals surface area contributed by atoms with E-state index in [0.717, 1.165) is 11.6 Å². The monoisotopic (exact) mass is 349 g/mol. The van der Waals surface area contributed by atoms with Gasteiger partial charge in [0, 0.05) is 37.9 Å². The molecule has 4 nitrogen and oxygen atoms in total. The zero-order valence-corrected chi connectivity index (χ0v) is 13.8. The second-order valence-electron chi connectivity index (χ2n) is 6.02. The fraction of sp³-hybridized carbons (Fsp3) is 0.333. The molecule has 0 atom stereocenters. The van der Waals surface area contributed by atoms with Gasteiger partial charge in [0.2, 0.25) is 0 Å². The van der Waals surface area contributed by atoms with E-state index in [1.54, 1.807) is 21.9 Å². The van der Waals surface area contributed by atoms with E-state index in [0.29, 0.717) is 31.7 Å². The predicted octanol–water partition coefficient (Wildman–Crippen LogP) is 3.37. The van der Waals surface area contributed by atoms with E-state index < -0.39 is 11.7 Å². The molecule has 0 radical (unpaired) electrons. The molecule has 0 unspecified atom stereocenters. The van der Waals surface area contributed by atoms with Crippen molar-refractivity contribution >= 4 is 11.7 Å². The third kappa shape index (κ3) is 3.75. The topological polar surface area (TPSA) is 36.4 Å². The van der Waals surface area contributed by atoms with Gasteiger partial charge in [-0.25, -0.2) is 4.98 Å². The number of alkyl halides is 3. The van der Waals surface area contributed by atoms with E-state index in [1.165, 1.54) is 12.3 Å². The zero-order valence-electron chi connectivity index (χ0n) is 13.8. The summed E-state index contributed by atoms with van der Waals surface area (Å²) in [6.45, 7) is 3.30. The van der Waals surface area contributed by atoms with E-state index in [2.05, 4.69) is 4.98 Å². The van der Waals surface area contributed by atoms with Crippen LogP contribution >= 0.6 is 0 Å². The molecule has 0 bridgehead atoms. The number of aromatic nitrogens is 1. The first kappa shape index (κ1) is 17.3. The number of anilines is 1. The number of carbonyl (C=O) groups excluding carboxylic acids is 1. The molecule has 3 rings (SSSR count). The van der Waals surface area contributed by atoms with Crippen molar-refractivity contribution in [1.82, 2.24) is 9.88 Å². The Morgan fingerprint density at radius 3 is 2.28 bits per heavy atom. The predicted molar refractivity (Wildman–Crippen MR) is 88.5 cm³/mol. The van der Waals surface area contributed by atoms with Crippen LogP contribution in [0.3, 0.4) is 0 Å². The summed E-state index contributed by atoms with van der Waals surface area (Å²) in [5, 5.41) is 0. The number of piperazine rings is 1. The Labute approximate surface area is 143 Å². The van der Waals surface area contributed by atoms with Gasteiger partial charge in [-0.3, -0.25) is 4.79 Å². The van der Waals surface area contributed by atoms with Crippen molar-refractivity contribution < 1.29 is 18.0 Å². The summed E-state index contributed by atoms with van der Waals surface area (Å²) in [7, 11) is 0. The lowest BCUT2D eigenvalue weighted by Crippen LogP contribution is -2.49. The van der Waals surface area contributed by atoms with Gasteiger partial charge < -0.3 is 9.80 Å². The van der Waals surface area contributed by atoms with Crippen LogP contribution in [0.5, 0.6) is 0 Å². The van der Waals surface area contributed by atoms with Gasteiger partial charge in [0.15, 0.2) is 0 Å².